The van der Waals surface area contributed by atoms with Crippen LogP contribution in [0.1, 0.15) is 16.7 Å². The molecule has 0 amide bonds. The summed E-state index contributed by atoms with van der Waals surface area (Å²) in [5.41, 5.74) is 3.70. The molecule has 0 radical (unpaired) electrons. The second-order valence-corrected chi connectivity index (χ2v) is 5.58. The van der Waals surface area contributed by atoms with Gasteiger partial charge in [-0.15, -0.1) is 0 Å². The van der Waals surface area contributed by atoms with Crippen LogP contribution in [0.25, 0.3) is 0 Å². The largest absolute Gasteiger partial charge is 0.504 e. The van der Waals surface area contributed by atoms with Gasteiger partial charge >= 0.3 is 0 Å². The number of fused-ring (bicyclic) bond motifs is 1. The lowest BCUT2D eigenvalue weighted by Gasteiger charge is -2.19. The average Bonchev–Trinajstić information content (AvgIpc) is 2.61. The van der Waals surface area contributed by atoms with Crippen LogP contribution in [0.15, 0.2) is 30.3 Å². The van der Waals surface area contributed by atoms with Crippen LogP contribution >= 0.6 is 0 Å². The molecule has 2 N–H and O–H groups in total. The van der Waals surface area contributed by atoms with Gasteiger partial charge in [0, 0.05) is 6.54 Å². The van der Waals surface area contributed by atoms with Gasteiger partial charge in [0.25, 0.3) is 0 Å². The topological polar surface area (TPSA) is 60.0 Å². The van der Waals surface area contributed by atoms with E-state index >= 15 is 0 Å². The van der Waals surface area contributed by atoms with E-state index in [2.05, 4.69) is 17.4 Å². The molecule has 3 rings (SSSR count). The van der Waals surface area contributed by atoms with Crippen LogP contribution in [-0.4, -0.2) is 33.0 Å². The maximum Gasteiger partial charge on any atom is 0.161 e. The molecule has 2 aromatic rings. The summed E-state index contributed by atoms with van der Waals surface area (Å²) in [5.74, 6) is 2.36. The Morgan fingerprint density at radius 2 is 1.50 bits per heavy atom. The quantitative estimate of drug-likeness (QED) is 0.905. The van der Waals surface area contributed by atoms with Crippen LogP contribution in [0.4, 0.5) is 0 Å². The summed E-state index contributed by atoms with van der Waals surface area (Å²) in [7, 11) is 4.87. The Bertz CT molecular complexity index is 641. The Labute approximate surface area is 143 Å². The third-order valence-corrected chi connectivity index (χ3v) is 3.93. The predicted molar refractivity (Wildman–Crippen MR) is 94.4 cm³/mol. The van der Waals surface area contributed by atoms with Crippen molar-refractivity contribution in [3.05, 3.63) is 47.0 Å². The molecule has 0 aromatic heterocycles. The van der Waals surface area contributed by atoms with E-state index in [0.29, 0.717) is 5.75 Å². The smallest absolute Gasteiger partial charge is 0.161 e. The predicted octanol–water partition coefficient (Wildman–Crippen LogP) is 3.06. The summed E-state index contributed by atoms with van der Waals surface area (Å²) in [4.78, 5) is 0. The molecule has 0 saturated carbocycles. The van der Waals surface area contributed by atoms with E-state index in [1.807, 2.05) is 13.0 Å². The van der Waals surface area contributed by atoms with E-state index in [9.17, 15) is 0 Å². The number of ether oxygens (including phenoxy) is 3. The molecule has 0 spiro atoms. The van der Waals surface area contributed by atoms with Crippen molar-refractivity contribution < 1.29 is 19.3 Å². The number of benzene rings is 2. The molecule has 1 aliphatic heterocycles. The number of phenols is 1. The lowest BCUT2D eigenvalue weighted by Crippen LogP contribution is -2.23. The number of hydrogen-bond acceptors (Lipinski definition) is 5. The molecule has 24 heavy (non-hydrogen) atoms. The number of aromatic hydroxyl groups is 1. The van der Waals surface area contributed by atoms with Crippen molar-refractivity contribution in [1.29, 1.82) is 0 Å². The molecule has 0 fully saturated rings. The van der Waals surface area contributed by atoms with Crippen LogP contribution in [0.2, 0.25) is 0 Å². The molecule has 0 saturated heterocycles. The maximum atomic E-state index is 9.17. The van der Waals surface area contributed by atoms with Crippen molar-refractivity contribution in [2.45, 2.75) is 19.9 Å². The third-order valence-electron chi connectivity index (χ3n) is 3.93. The third kappa shape index (κ3) is 4.32. The molecule has 5 nitrogen and oxygen atoms in total. The zero-order chi connectivity index (χ0) is 17.5. The number of hydrogen-bond donors (Lipinski definition) is 2. The van der Waals surface area contributed by atoms with E-state index in [-0.39, 0.29) is 5.75 Å². The van der Waals surface area contributed by atoms with E-state index in [1.165, 1.54) is 18.2 Å². The number of rotatable bonds is 3. The van der Waals surface area contributed by atoms with Gasteiger partial charge in [0.15, 0.2) is 23.0 Å². The van der Waals surface area contributed by atoms with Gasteiger partial charge in [-0.3, -0.25) is 0 Å². The number of phenolic OH excluding ortho intramolecular Hbond substituents is 1. The van der Waals surface area contributed by atoms with E-state index in [4.69, 9.17) is 19.3 Å². The molecule has 0 bridgehead atoms. The van der Waals surface area contributed by atoms with Crippen LogP contribution in [-0.2, 0) is 13.0 Å². The number of aryl methyl sites for hydroxylation is 1. The molecule has 1 aliphatic rings. The molecule has 130 valence electrons. The van der Waals surface area contributed by atoms with Gasteiger partial charge in [-0.25, -0.2) is 0 Å². The minimum absolute atomic E-state index is 0.197. The molecule has 2 aromatic carbocycles. The highest BCUT2D eigenvalue weighted by Gasteiger charge is 2.13. The van der Waals surface area contributed by atoms with Gasteiger partial charge in [-0.05, 0) is 60.8 Å². The van der Waals surface area contributed by atoms with Gasteiger partial charge < -0.3 is 24.6 Å². The second-order valence-electron chi connectivity index (χ2n) is 5.58. The van der Waals surface area contributed by atoms with Gasteiger partial charge in [0.1, 0.15) is 0 Å². The van der Waals surface area contributed by atoms with Crippen molar-refractivity contribution in [1.82, 2.24) is 5.32 Å². The second kappa shape index (κ2) is 8.45. The fourth-order valence-electron chi connectivity index (χ4n) is 2.61. The Morgan fingerprint density at radius 3 is 2.08 bits per heavy atom. The number of methoxy groups -OCH3 is 3. The number of nitrogens with one attached hydrogen (secondary N) is 1. The standard InChI is InChI=1S/C11H15NO2.C8H10O2/c1-13-10-5-8-3-4-12-7-9(8)6-11(10)14-2;1-6-3-4-8(10-2)7(9)5-6/h5-6,12H,3-4,7H2,1-2H3;3-5,9H,1-2H3. The van der Waals surface area contributed by atoms with Gasteiger partial charge in [-0.2, -0.15) is 0 Å². The first kappa shape index (κ1) is 17.9. The minimum Gasteiger partial charge on any atom is -0.504 e. The first-order valence-electron chi connectivity index (χ1n) is 7.87. The normalized spacial score (nSPS) is 12.5. The van der Waals surface area contributed by atoms with Crippen molar-refractivity contribution in [2.75, 3.05) is 27.9 Å². The van der Waals surface area contributed by atoms with E-state index in [1.54, 1.807) is 26.4 Å². The Kier molecular flexibility index (Phi) is 6.32. The summed E-state index contributed by atoms with van der Waals surface area (Å²) >= 11 is 0. The van der Waals surface area contributed by atoms with Crippen molar-refractivity contribution in [3.63, 3.8) is 0 Å². The fourth-order valence-corrected chi connectivity index (χ4v) is 2.61. The Morgan fingerprint density at radius 1 is 0.875 bits per heavy atom. The van der Waals surface area contributed by atoms with Crippen LogP contribution in [0, 0.1) is 6.92 Å². The minimum atomic E-state index is 0.197. The molecule has 5 heteroatoms. The zero-order valence-electron chi connectivity index (χ0n) is 14.7. The Balaban J connectivity index is 0.000000185. The zero-order valence-corrected chi connectivity index (χ0v) is 14.7. The summed E-state index contributed by atoms with van der Waals surface area (Å²) in [6.45, 7) is 3.89. The van der Waals surface area contributed by atoms with E-state index < -0.39 is 0 Å². The first-order valence-corrected chi connectivity index (χ1v) is 7.87. The molecule has 0 unspecified atom stereocenters. The van der Waals surface area contributed by atoms with Crippen LogP contribution in [0.5, 0.6) is 23.0 Å². The highest BCUT2D eigenvalue weighted by atomic mass is 16.5. The monoisotopic (exact) mass is 331 g/mol. The summed E-state index contributed by atoms with van der Waals surface area (Å²) in [5, 5.41) is 12.5. The van der Waals surface area contributed by atoms with Crippen molar-refractivity contribution in [2.24, 2.45) is 0 Å². The molecular weight excluding hydrogens is 306 g/mol. The van der Waals surface area contributed by atoms with E-state index in [0.717, 1.165) is 36.6 Å². The maximum absolute atomic E-state index is 9.17. The average molecular weight is 331 g/mol. The highest BCUT2D eigenvalue weighted by molar-refractivity contribution is 5.48. The molecular formula is C19H25NO4. The van der Waals surface area contributed by atoms with Gasteiger partial charge in [0.2, 0.25) is 0 Å². The fraction of sp³-hybridized carbons (Fsp3) is 0.368. The lowest BCUT2D eigenvalue weighted by atomic mass is 10.0. The molecule has 0 aliphatic carbocycles. The highest BCUT2D eigenvalue weighted by Crippen LogP contribution is 2.31. The lowest BCUT2D eigenvalue weighted by molar-refractivity contribution is 0.353. The van der Waals surface area contributed by atoms with Crippen LogP contribution in [0.3, 0.4) is 0 Å². The first-order chi connectivity index (χ1) is 11.6. The molecule has 0 atom stereocenters. The Hall–Kier alpha value is -2.40. The van der Waals surface area contributed by atoms with Crippen molar-refractivity contribution >= 4 is 0 Å². The summed E-state index contributed by atoms with van der Waals surface area (Å²) in [6.07, 6.45) is 1.07. The van der Waals surface area contributed by atoms with Crippen molar-refractivity contribution in [3.8, 4) is 23.0 Å². The van der Waals surface area contributed by atoms with Gasteiger partial charge in [-0.1, -0.05) is 6.07 Å². The summed E-state index contributed by atoms with van der Waals surface area (Å²) < 4.78 is 15.4. The summed E-state index contributed by atoms with van der Waals surface area (Å²) in [6, 6.07) is 9.43. The van der Waals surface area contributed by atoms with Crippen LogP contribution < -0.4 is 19.5 Å². The molecule has 1 heterocycles. The van der Waals surface area contributed by atoms with Gasteiger partial charge in [0.05, 0.1) is 21.3 Å². The SMILES string of the molecule is COc1cc2c(cc1OC)CNCC2.COc1ccc(C)cc1O.